The van der Waals surface area contributed by atoms with Crippen molar-refractivity contribution in [2.45, 2.75) is 37.2 Å². The summed E-state index contributed by atoms with van der Waals surface area (Å²) < 4.78 is 37.5. The van der Waals surface area contributed by atoms with Crippen molar-refractivity contribution >= 4 is 44.2 Å². The number of sulfonamides is 1. The van der Waals surface area contributed by atoms with Gasteiger partial charge in [0.25, 0.3) is 5.91 Å². The van der Waals surface area contributed by atoms with Gasteiger partial charge in [-0.2, -0.15) is 4.31 Å². The first-order valence-corrected chi connectivity index (χ1v) is 16.0. The molecule has 1 fully saturated rings. The Hall–Kier alpha value is -3.58. The van der Waals surface area contributed by atoms with Crippen LogP contribution in [0.2, 0.25) is 0 Å². The molecule has 0 bridgehead atoms. The van der Waals surface area contributed by atoms with Crippen LogP contribution in [0.25, 0.3) is 0 Å². The van der Waals surface area contributed by atoms with Crippen molar-refractivity contribution in [3.05, 3.63) is 81.7 Å². The zero-order valence-corrected chi connectivity index (χ0v) is 25.1. The molecule has 0 saturated carbocycles. The number of hydrogen-bond donors (Lipinski definition) is 1. The molecule has 0 atom stereocenters. The number of esters is 2. The number of rotatable bonds is 8. The topological polar surface area (TPSA) is 122 Å². The minimum Gasteiger partial charge on any atom is -0.469 e. The van der Waals surface area contributed by atoms with Gasteiger partial charge in [0.2, 0.25) is 10.0 Å². The summed E-state index contributed by atoms with van der Waals surface area (Å²) in [5, 5.41) is 3.28. The van der Waals surface area contributed by atoms with Crippen molar-refractivity contribution < 1.29 is 32.3 Å². The van der Waals surface area contributed by atoms with Gasteiger partial charge in [-0.1, -0.05) is 30.3 Å². The average molecular weight is 612 g/mol. The molecule has 3 aromatic rings. The third-order valence-corrected chi connectivity index (χ3v) is 10.8. The quantitative estimate of drug-likeness (QED) is 0.381. The Balaban J connectivity index is 1.29. The lowest BCUT2D eigenvalue weighted by Crippen LogP contribution is -2.40. The Morgan fingerprint density at radius 3 is 2.29 bits per heavy atom. The van der Waals surface area contributed by atoms with Crippen LogP contribution in [-0.4, -0.2) is 69.3 Å². The monoisotopic (exact) mass is 611 g/mol. The van der Waals surface area contributed by atoms with Crippen LogP contribution in [0.3, 0.4) is 0 Å². The van der Waals surface area contributed by atoms with Gasteiger partial charge < -0.3 is 14.8 Å². The molecule has 1 saturated heterocycles. The van der Waals surface area contributed by atoms with Gasteiger partial charge in [-0.3, -0.25) is 14.5 Å². The van der Waals surface area contributed by atoms with Gasteiger partial charge in [0.15, 0.2) is 0 Å². The first-order valence-electron chi connectivity index (χ1n) is 13.7. The van der Waals surface area contributed by atoms with Crippen LogP contribution in [0.4, 0.5) is 5.00 Å². The highest BCUT2D eigenvalue weighted by Crippen LogP contribution is 2.38. The van der Waals surface area contributed by atoms with E-state index in [1.54, 1.807) is 0 Å². The molecule has 2 aliphatic heterocycles. The number of nitrogens with zero attached hydrogens (tertiary/aromatic N) is 2. The van der Waals surface area contributed by atoms with Crippen molar-refractivity contribution in [2.75, 3.05) is 39.2 Å². The maximum atomic E-state index is 13.2. The number of piperidine rings is 1. The lowest BCUT2D eigenvalue weighted by Gasteiger charge is -2.29. The van der Waals surface area contributed by atoms with E-state index in [1.165, 1.54) is 59.7 Å². The molecule has 0 unspecified atom stereocenters. The predicted molar refractivity (Wildman–Crippen MR) is 158 cm³/mol. The van der Waals surface area contributed by atoms with Gasteiger partial charge in [0.1, 0.15) is 5.00 Å². The Morgan fingerprint density at radius 2 is 1.64 bits per heavy atom. The molecule has 0 radical (unpaired) electrons. The van der Waals surface area contributed by atoms with E-state index in [1.807, 2.05) is 18.2 Å². The van der Waals surface area contributed by atoms with Gasteiger partial charge in [0, 0.05) is 43.2 Å². The fraction of sp³-hybridized carbons (Fsp3) is 0.367. The zero-order valence-electron chi connectivity index (χ0n) is 23.5. The molecule has 1 N–H and O–H groups in total. The van der Waals surface area contributed by atoms with Gasteiger partial charge in [-0.15, -0.1) is 11.3 Å². The van der Waals surface area contributed by atoms with Crippen molar-refractivity contribution in [1.29, 1.82) is 0 Å². The van der Waals surface area contributed by atoms with E-state index in [2.05, 4.69) is 22.3 Å². The fourth-order valence-corrected chi connectivity index (χ4v) is 8.18. The van der Waals surface area contributed by atoms with E-state index in [0.29, 0.717) is 36.4 Å². The van der Waals surface area contributed by atoms with Crippen LogP contribution >= 0.6 is 11.3 Å². The number of carbonyl (C=O) groups is 3. The van der Waals surface area contributed by atoms with Crippen LogP contribution in [0.5, 0.6) is 0 Å². The summed E-state index contributed by atoms with van der Waals surface area (Å²) in [6, 6.07) is 15.9. The molecule has 0 aliphatic carbocycles. The molecule has 42 heavy (non-hydrogen) atoms. The highest BCUT2D eigenvalue weighted by Gasteiger charge is 2.33. The Bertz CT molecular complexity index is 1560. The number of thiophene rings is 1. The zero-order chi connectivity index (χ0) is 29.9. The van der Waals surface area contributed by atoms with E-state index in [4.69, 9.17) is 9.47 Å². The van der Waals surface area contributed by atoms with Crippen LogP contribution in [0.1, 0.15) is 49.6 Å². The second-order valence-electron chi connectivity index (χ2n) is 10.3. The molecule has 5 rings (SSSR count). The number of ether oxygens (including phenoxy) is 2. The van der Waals surface area contributed by atoms with E-state index in [-0.39, 0.29) is 35.4 Å². The lowest BCUT2D eigenvalue weighted by atomic mass is 9.99. The van der Waals surface area contributed by atoms with Crippen LogP contribution < -0.4 is 5.32 Å². The highest BCUT2D eigenvalue weighted by molar-refractivity contribution is 7.89. The minimum absolute atomic E-state index is 0.0657. The molecule has 2 aliphatic rings. The molecular formula is C30H33N3O7S2. The SMILES string of the molecule is COC(=O)c1c(NC(=O)c2ccc(S(=O)(=O)N3CCC(C(=O)OC)CC3)cc2)sc2c1CCN(Cc1ccccc1)C2. The standard InChI is InChI=1S/C30H33N3O7S2/c1-39-29(35)22-12-16-33(17-13-22)42(37,38)23-10-8-21(9-11-23)27(34)31-28-26(30(36)40-2)24-14-15-32(19-25(24)41-28)18-20-6-4-3-5-7-20/h3-11,22H,12-19H2,1-2H3,(H,31,34). The van der Waals surface area contributed by atoms with Crippen molar-refractivity contribution in [2.24, 2.45) is 5.92 Å². The molecule has 12 heteroatoms. The normalized spacial score (nSPS) is 16.4. The van der Waals surface area contributed by atoms with Gasteiger partial charge in [0.05, 0.1) is 30.6 Å². The third kappa shape index (κ3) is 6.26. The number of methoxy groups -OCH3 is 2. The number of amides is 1. The summed E-state index contributed by atoms with van der Waals surface area (Å²) in [5.74, 6) is -1.59. The van der Waals surface area contributed by atoms with E-state index < -0.39 is 21.9 Å². The van der Waals surface area contributed by atoms with E-state index >= 15 is 0 Å². The highest BCUT2D eigenvalue weighted by atomic mass is 32.2. The molecule has 3 heterocycles. The van der Waals surface area contributed by atoms with Crippen LogP contribution in [0.15, 0.2) is 59.5 Å². The van der Waals surface area contributed by atoms with Gasteiger partial charge in [-0.25, -0.2) is 13.2 Å². The fourth-order valence-electron chi connectivity index (χ4n) is 5.44. The van der Waals surface area contributed by atoms with E-state index in [9.17, 15) is 22.8 Å². The summed E-state index contributed by atoms with van der Waals surface area (Å²) in [6.45, 7) is 2.63. The smallest absolute Gasteiger partial charge is 0.341 e. The van der Waals surface area contributed by atoms with Crippen LogP contribution in [-0.2, 0) is 43.8 Å². The Morgan fingerprint density at radius 1 is 0.952 bits per heavy atom. The first-order chi connectivity index (χ1) is 20.2. The van der Waals surface area contributed by atoms with Crippen molar-refractivity contribution in [1.82, 2.24) is 9.21 Å². The molecule has 10 nitrogen and oxygen atoms in total. The molecule has 1 amide bonds. The molecule has 2 aromatic carbocycles. The summed E-state index contributed by atoms with van der Waals surface area (Å²) in [7, 11) is -1.14. The average Bonchev–Trinajstić information content (AvgIpc) is 3.37. The molecule has 1 aromatic heterocycles. The van der Waals surface area contributed by atoms with Crippen LogP contribution in [0, 0.1) is 5.92 Å². The van der Waals surface area contributed by atoms with Gasteiger partial charge in [-0.05, 0) is 54.7 Å². The second-order valence-corrected chi connectivity index (χ2v) is 13.4. The van der Waals surface area contributed by atoms with E-state index in [0.717, 1.165) is 23.5 Å². The first kappa shape index (κ1) is 29.9. The number of carbonyl (C=O) groups excluding carboxylic acids is 3. The predicted octanol–water partition coefficient (Wildman–Crippen LogP) is 3.92. The summed E-state index contributed by atoms with van der Waals surface area (Å²) >= 11 is 1.36. The number of fused-ring (bicyclic) bond motifs is 1. The van der Waals surface area contributed by atoms with Gasteiger partial charge >= 0.3 is 11.9 Å². The maximum Gasteiger partial charge on any atom is 0.341 e. The Labute approximate surface area is 249 Å². The molecular weight excluding hydrogens is 578 g/mol. The maximum absolute atomic E-state index is 13.2. The minimum atomic E-state index is -3.78. The number of benzene rings is 2. The molecule has 222 valence electrons. The van der Waals surface area contributed by atoms with Crippen molar-refractivity contribution in [3.8, 4) is 0 Å². The lowest BCUT2D eigenvalue weighted by molar-refractivity contribution is -0.146. The molecule has 0 spiro atoms. The Kier molecular flexibility index (Phi) is 9.07. The van der Waals surface area contributed by atoms with Crippen molar-refractivity contribution in [3.63, 3.8) is 0 Å². The number of nitrogens with one attached hydrogen (secondary N) is 1. The largest absolute Gasteiger partial charge is 0.469 e. The summed E-state index contributed by atoms with van der Waals surface area (Å²) in [5.41, 5.74) is 2.73. The number of anilines is 1. The summed E-state index contributed by atoms with van der Waals surface area (Å²) in [4.78, 5) is 41.1. The number of hydrogen-bond acceptors (Lipinski definition) is 9. The third-order valence-electron chi connectivity index (χ3n) is 7.74. The summed E-state index contributed by atoms with van der Waals surface area (Å²) in [6.07, 6.45) is 1.44. The second kappa shape index (κ2) is 12.7.